The van der Waals surface area contributed by atoms with Gasteiger partial charge in [0.1, 0.15) is 0 Å². The van der Waals surface area contributed by atoms with Gasteiger partial charge in [-0.2, -0.15) is 0 Å². The van der Waals surface area contributed by atoms with E-state index in [4.69, 9.17) is 4.74 Å². The molecule has 1 aromatic rings. The highest BCUT2D eigenvalue weighted by Crippen LogP contribution is 2.11. The number of pyridine rings is 1. The van der Waals surface area contributed by atoms with E-state index in [0.29, 0.717) is 12.5 Å². The fraction of sp³-hybridized carbons (Fsp3) is 0.583. The van der Waals surface area contributed by atoms with E-state index < -0.39 is 0 Å². The first kappa shape index (κ1) is 12.0. The largest absolute Gasteiger partial charge is 0.388 e. The Balaban J connectivity index is 2.50. The first-order valence-corrected chi connectivity index (χ1v) is 5.37. The summed E-state index contributed by atoms with van der Waals surface area (Å²) in [5.74, 6) is 0.539. The predicted molar refractivity (Wildman–Crippen MR) is 62.9 cm³/mol. The topological polar surface area (TPSA) is 34.2 Å². The van der Waals surface area contributed by atoms with Gasteiger partial charge >= 0.3 is 0 Å². The molecule has 0 aliphatic heterocycles. The number of nitrogens with one attached hydrogen (secondary N) is 1. The van der Waals surface area contributed by atoms with Crippen molar-refractivity contribution in [2.24, 2.45) is 5.92 Å². The van der Waals surface area contributed by atoms with Crippen molar-refractivity contribution in [1.29, 1.82) is 0 Å². The van der Waals surface area contributed by atoms with Gasteiger partial charge in [-0.1, -0.05) is 13.8 Å². The smallest absolute Gasteiger partial charge is 0.0892 e. The highest BCUT2D eigenvalue weighted by atomic mass is 16.5. The minimum Gasteiger partial charge on any atom is -0.388 e. The quantitative estimate of drug-likeness (QED) is 0.807. The molecule has 15 heavy (non-hydrogen) atoms. The van der Waals surface area contributed by atoms with E-state index in [9.17, 15) is 0 Å². The van der Waals surface area contributed by atoms with Crippen LogP contribution >= 0.6 is 0 Å². The number of ether oxygens (including phenoxy) is 1. The van der Waals surface area contributed by atoms with Crippen LogP contribution in [0, 0.1) is 5.92 Å². The Hall–Kier alpha value is -1.09. The Bertz CT molecular complexity index is 299. The Morgan fingerprint density at radius 3 is 2.73 bits per heavy atom. The van der Waals surface area contributed by atoms with Crippen molar-refractivity contribution in [2.75, 3.05) is 12.4 Å². The fourth-order valence-corrected chi connectivity index (χ4v) is 1.12. The highest BCUT2D eigenvalue weighted by molar-refractivity contribution is 5.42. The van der Waals surface area contributed by atoms with E-state index in [1.54, 1.807) is 6.20 Å². The van der Waals surface area contributed by atoms with E-state index >= 15 is 0 Å². The monoisotopic (exact) mass is 208 g/mol. The molecule has 0 aromatic carbocycles. The maximum Gasteiger partial charge on any atom is 0.0892 e. The molecule has 3 heteroatoms. The molecule has 0 spiro atoms. The third-order valence-corrected chi connectivity index (χ3v) is 2.54. The zero-order chi connectivity index (χ0) is 11.3. The van der Waals surface area contributed by atoms with Gasteiger partial charge < -0.3 is 10.1 Å². The van der Waals surface area contributed by atoms with Crippen LogP contribution in [0.2, 0.25) is 0 Å². The zero-order valence-electron chi connectivity index (χ0n) is 9.95. The van der Waals surface area contributed by atoms with Crippen LogP contribution in [0.15, 0.2) is 18.3 Å². The lowest BCUT2D eigenvalue weighted by molar-refractivity contribution is 0.0218. The van der Waals surface area contributed by atoms with E-state index in [1.165, 1.54) is 0 Å². The number of nitrogens with zero attached hydrogens (tertiary/aromatic N) is 1. The van der Waals surface area contributed by atoms with Crippen molar-refractivity contribution in [3.05, 3.63) is 24.0 Å². The van der Waals surface area contributed by atoms with E-state index in [1.807, 2.05) is 19.2 Å². The van der Waals surface area contributed by atoms with Gasteiger partial charge in [0, 0.05) is 18.9 Å². The lowest BCUT2D eigenvalue weighted by atomic mass is 10.1. The van der Waals surface area contributed by atoms with E-state index in [0.717, 1.165) is 11.4 Å². The third-order valence-electron chi connectivity index (χ3n) is 2.54. The van der Waals surface area contributed by atoms with Gasteiger partial charge in [-0.15, -0.1) is 0 Å². The third kappa shape index (κ3) is 3.88. The van der Waals surface area contributed by atoms with Crippen molar-refractivity contribution in [1.82, 2.24) is 4.98 Å². The lowest BCUT2D eigenvalue weighted by Gasteiger charge is -2.16. The van der Waals surface area contributed by atoms with Gasteiger partial charge in [0.15, 0.2) is 0 Å². The molecule has 1 rings (SSSR count). The average molecular weight is 208 g/mol. The van der Waals surface area contributed by atoms with Crippen LogP contribution in [0.3, 0.4) is 0 Å². The second-order valence-electron chi connectivity index (χ2n) is 4.05. The van der Waals surface area contributed by atoms with Crippen molar-refractivity contribution < 1.29 is 4.74 Å². The van der Waals surface area contributed by atoms with E-state index in [2.05, 4.69) is 31.1 Å². The summed E-state index contributed by atoms with van der Waals surface area (Å²) in [5.41, 5.74) is 2.04. The Kier molecular flexibility index (Phi) is 4.56. The van der Waals surface area contributed by atoms with Gasteiger partial charge in [0.25, 0.3) is 0 Å². The summed E-state index contributed by atoms with van der Waals surface area (Å²) in [6.07, 6.45) is 2.06. The van der Waals surface area contributed by atoms with Gasteiger partial charge in [0.2, 0.25) is 0 Å². The van der Waals surface area contributed by atoms with Gasteiger partial charge in [-0.3, -0.25) is 4.98 Å². The van der Waals surface area contributed by atoms with Crippen molar-refractivity contribution in [3.8, 4) is 0 Å². The maximum atomic E-state index is 5.70. The summed E-state index contributed by atoms with van der Waals surface area (Å²) in [4.78, 5) is 4.25. The number of aromatic nitrogens is 1. The molecular weight excluding hydrogens is 188 g/mol. The van der Waals surface area contributed by atoms with Crippen LogP contribution in [0.1, 0.15) is 26.5 Å². The molecule has 3 nitrogen and oxygen atoms in total. The summed E-state index contributed by atoms with van der Waals surface area (Å²) in [5, 5.41) is 3.08. The molecule has 1 N–H and O–H groups in total. The molecule has 1 heterocycles. The molecule has 0 bridgehead atoms. The van der Waals surface area contributed by atoms with Crippen LogP contribution in [0.4, 0.5) is 5.69 Å². The maximum absolute atomic E-state index is 5.70. The predicted octanol–water partition coefficient (Wildman–Crippen LogP) is 2.68. The van der Waals surface area contributed by atoms with Crippen molar-refractivity contribution in [3.63, 3.8) is 0 Å². The molecule has 0 aliphatic rings. The number of anilines is 1. The van der Waals surface area contributed by atoms with Gasteiger partial charge in [-0.25, -0.2) is 0 Å². The van der Waals surface area contributed by atoms with Crippen molar-refractivity contribution >= 4 is 5.69 Å². The fourth-order valence-electron chi connectivity index (χ4n) is 1.12. The van der Waals surface area contributed by atoms with Gasteiger partial charge in [0.05, 0.1) is 18.4 Å². The zero-order valence-corrected chi connectivity index (χ0v) is 9.95. The number of hydrogen-bond donors (Lipinski definition) is 1. The number of rotatable bonds is 5. The minimum atomic E-state index is 0.269. The van der Waals surface area contributed by atoms with Crippen LogP contribution in [-0.4, -0.2) is 18.1 Å². The summed E-state index contributed by atoms with van der Waals surface area (Å²) < 4.78 is 5.70. The molecule has 0 fully saturated rings. The molecule has 0 aliphatic carbocycles. The molecule has 0 saturated heterocycles. The first-order chi connectivity index (χ1) is 7.13. The van der Waals surface area contributed by atoms with Crippen LogP contribution in [-0.2, 0) is 11.3 Å². The summed E-state index contributed by atoms with van der Waals surface area (Å²) >= 11 is 0. The Morgan fingerprint density at radius 1 is 1.40 bits per heavy atom. The molecule has 1 unspecified atom stereocenters. The molecule has 0 amide bonds. The second-order valence-corrected chi connectivity index (χ2v) is 4.05. The highest BCUT2D eigenvalue weighted by Gasteiger charge is 2.07. The van der Waals surface area contributed by atoms with Crippen molar-refractivity contribution in [2.45, 2.75) is 33.5 Å². The molecular formula is C12H20N2O. The molecule has 84 valence electrons. The normalized spacial score (nSPS) is 12.9. The minimum absolute atomic E-state index is 0.269. The molecule has 0 saturated carbocycles. The second kappa shape index (κ2) is 5.71. The van der Waals surface area contributed by atoms with Crippen LogP contribution in [0.5, 0.6) is 0 Å². The van der Waals surface area contributed by atoms with E-state index in [-0.39, 0.29) is 6.10 Å². The summed E-state index contributed by atoms with van der Waals surface area (Å²) in [7, 11) is 1.90. The molecule has 0 radical (unpaired) electrons. The standard InChI is InChI=1S/C12H20N2O/c1-9(2)10(3)15-8-12-7-11(13-4)5-6-14-12/h5-7,9-10H,8H2,1-4H3,(H,13,14). The van der Waals surface area contributed by atoms with Gasteiger partial charge in [-0.05, 0) is 25.0 Å². The summed E-state index contributed by atoms with van der Waals surface area (Å²) in [6.45, 7) is 6.98. The number of hydrogen-bond acceptors (Lipinski definition) is 3. The summed E-state index contributed by atoms with van der Waals surface area (Å²) in [6, 6.07) is 3.95. The SMILES string of the molecule is CNc1ccnc(COC(C)C(C)C)c1. The van der Waals surface area contributed by atoms with Crippen LogP contribution < -0.4 is 5.32 Å². The first-order valence-electron chi connectivity index (χ1n) is 5.37. The molecule has 1 atom stereocenters. The Labute approximate surface area is 91.9 Å². The van der Waals surface area contributed by atoms with Crippen LogP contribution in [0.25, 0.3) is 0 Å². The average Bonchev–Trinajstić information content (AvgIpc) is 2.26. The Morgan fingerprint density at radius 2 is 2.13 bits per heavy atom. The molecule has 1 aromatic heterocycles. The lowest BCUT2D eigenvalue weighted by Crippen LogP contribution is -2.15.